The number of rotatable bonds is 4. The third kappa shape index (κ3) is 3.36. The van der Waals surface area contributed by atoms with Crippen LogP contribution in [-0.2, 0) is 9.84 Å². The van der Waals surface area contributed by atoms with Crippen molar-refractivity contribution in [1.82, 2.24) is 0 Å². The van der Waals surface area contributed by atoms with Gasteiger partial charge in [0.25, 0.3) is 9.84 Å². The maximum absolute atomic E-state index is 13.9. The number of hydrogen-bond donors (Lipinski definition) is 0. The van der Waals surface area contributed by atoms with Gasteiger partial charge in [0.15, 0.2) is 0 Å². The van der Waals surface area contributed by atoms with Gasteiger partial charge in [0.05, 0.1) is 10.8 Å². The molecular formula is C13H5Br2F11O2S. The Morgan fingerprint density at radius 1 is 0.931 bits per heavy atom. The van der Waals surface area contributed by atoms with Crippen molar-refractivity contribution < 1.29 is 56.7 Å². The minimum Gasteiger partial charge on any atom is -0.217 e. The van der Waals surface area contributed by atoms with Crippen molar-refractivity contribution in [3.8, 4) is 0 Å². The summed E-state index contributed by atoms with van der Waals surface area (Å²) >= 11 is 5.04. The second-order valence-electron chi connectivity index (χ2n) is 5.98. The highest BCUT2D eigenvalue weighted by atomic mass is 79.9. The normalized spacial score (nSPS) is 22.3. The Hall–Kier alpha value is -0.640. The molecular weight excluding hydrogens is 589 g/mol. The molecule has 0 amide bonds. The van der Waals surface area contributed by atoms with Crippen molar-refractivity contribution in [2.24, 2.45) is 0 Å². The summed E-state index contributed by atoms with van der Waals surface area (Å²) in [5.74, 6) is -19.5. The summed E-state index contributed by atoms with van der Waals surface area (Å²) in [6.45, 7) is 0. The second-order valence-corrected chi connectivity index (χ2v) is 9.71. The predicted octanol–water partition coefficient (Wildman–Crippen LogP) is 6.53. The molecule has 0 heterocycles. The van der Waals surface area contributed by atoms with Crippen LogP contribution in [-0.4, -0.2) is 37.6 Å². The van der Waals surface area contributed by atoms with Crippen LogP contribution in [0, 0.1) is 0 Å². The van der Waals surface area contributed by atoms with E-state index >= 15 is 0 Å². The summed E-state index contributed by atoms with van der Waals surface area (Å²) in [5, 5.41) is -6.84. The lowest BCUT2D eigenvalue weighted by Crippen LogP contribution is -2.58. The highest BCUT2D eigenvalue weighted by Crippen LogP contribution is 2.62. The van der Waals surface area contributed by atoms with Gasteiger partial charge in [-0.2, -0.15) is 48.3 Å². The second kappa shape index (κ2) is 6.68. The summed E-state index contributed by atoms with van der Waals surface area (Å²) in [5.41, 5.74) is -1.47. The first-order chi connectivity index (χ1) is 12.6. The van der Waals surface area contributed by atoms with Crippen LogP contribution in [0.4, 0.5) is 48.3 Å². The molecule has 166 valence electrons. The maximum atomic E-state index is 13.9. The zero-order valence-electron chi connectivity index (χ0n) is 13.1. The van der Waals surface area contributed by atoms with Gasteiger partial charge in [0, 0.05) is 15.4 Å². The van der Waals surface area contributed by atoms with Gasteiger partial charge in [-0.3, -0.25) is 0 Å². The van der Waals surface area contributed by atoms with Crippen LogP contribution < -0.4 is 0 Å². The zero-order valence-corrected chi connectivity index (χ0v) is 17.1. The molecule has 1 fully saturated rings. The fourth-order valence-electron chi connectivity index (χ4n) is 2.52. The number of sulfone groups is 1. The number of alkyl halides is 11. The van der Waals surface area contributed by atoms with E-state index < -0.39 is 70.8 Å². The van der Waals surface area contributed by atoms with E-state index in [0.717, 1.165) is 6.07 Å². The first-order valence-corrected chi connectivity index (χ1v) is 10.0. The van der Waals surface area contributed by atoms with Crippen molar-refractivity contribution in [2.75, 3.05) is 0 Å². The average Bonchev–Trinajstić information content (AvgIpc) is 2.51. The van der Waals surface area contributed by atoms with Crippen LogP contribution in [0.2, 0.25) is 0 Å². The third-order valence-electron chi connectivity index (χ3n) is 4.14. The van der Waals surface area contributed by atoms with Crippen LogP contribution in [0.1, 0.15) is 17.9 Å². The molecule has 1 atom stereocenters. The van der Waals surface area contributed by atoms with E-state index in [1.54, 1.807) is 0 Å². The van der Waals surface area contributed by atoms with Gasteiger partial charge in [-0.1, -0.05) is 31.9 Å². The molecule has 16 heteroatoms. The van der Waals surface area contributed by atoms with E-state index in [0.29, 0.717) is 0 Å². The van der Waals surface area contributed by atoms with E-state index in [-0.39, 0.29) is 6.07 Å². The molecule has 1 unspecified atom stereocenters. The van der Waals surface area contributed by atoms with Crippen LogP contribution in [0.15, 0.2) is 26.0 Å². The minimum absolute atomic E-state index is 0.0579. The molecule has 1 aliphatic carbocycles. The largest absolute Gasteiger partial charge is 0.461 e. The lowest BCUT2D eigenvalue weighted by molar-refractivity contribution is -0.332. The Morgan fingerprint density at radius 3 is 1.79 bits per heavy atom. The SMILES string of the molecule is O=S(=O)(c1cc(Br)cc(Br)c1C1CC(F)(F)C1(F)F)C(F)(F)C(F)(F)C(F)(F)F. The number of benzene rings is 1. The van der Waals surface area contributed by atoms with Gasteiger partial charge < -0.3 is 0 Å². The average molecular weight is 594 g/mol. The molecule has 1 aliphatic rings. The molecule has 0 aromatic heterocycles. The molecule has 2 nitrogen and oxygen atoms in total. The third-order valence-corrected chi connectivity index (χ3v) is 7.10. The van der Waals surface area contributed by atoms with Crippen molar-refractivity contribution in [3.05, 3.63) is 26.6 Å². The first kappa shape index (κ1) is 24.6. The first-order valence-electron chi connectivity index (χ1n) is 6.94. The lowest BCUT2D eigenvalue weighted by atomic mass is 9.72. The molecule has 29 heavy (non-hydrogen) atoms. The van der Waals surface area contributed by atoms with Crippen LogP contribution in [0.5, 0.6) is 0 Å². The summed E-state index contributed by atoms with van der Waals surface area (Å²) in [6.07, 6.45) is -8.79. The molecule has 1 aromatic rings. The molecule has 0 spiro atoms. The molecule has 1 aromatic carbocycles. The summed E-state index contributed by atoms with van der Waals surface area (Å²) < 4.78 is 168. The quantitative estimate of drug-likeness (QED) is 0.372. The number of halogens is 13. The van der Waals surface area contributed by atoms with Gasteiger partial charge >= 0.3 is 29.2 Å². The molecule has 1 saturated carbocycles. The van der Waals surface area contributed by atoms with E-state index in [1.807, 2.05) is 0 Å². The van der Waals surface area contributed by atoms with Crippen molar-refractivity contribution in [1.29, 1.82) is 0 Å². The van der Waals surface area contributed by atoms with E-state index in [1.165, 1.54) is 0 Å². The minimum atomic E-state index is -7.11. The molecule has 2 rings (SSSR count). The smallest absolute Gasteiger partial charge is 0.217 e. The topological polar surface area (TPSA) is 34.1 Å². The van der Waals surface area contributed by atoms with E-state index in [9.17, 15) is 56.7 Å². The summed E-state index contributed by atoms with van der Waals surface area (Å²) in [6, 6.07) is 0.809. The van der Waals surface area contributed by atoms with Crippen LogP contribution in [0.3, 0.4) is 0 Å². The highest BCUT2D eigenvalue weighted by Gasteiger charge is 2.79. The zero-order chi connectivity index (χ0) is 23.0. The molecule has 0 radical (unpaired) electrons. The standard InChI is InChI=1S/C13H5Br2F11O2S/c14-4-1-6(15)8(5-3-9(16,17)10(5,18)19)7(2-4)29(27,28)13(25,26)11(20,21)12(22,23)24/h1-2,5H,3H2. The number of hydrogen-bond acceptors (Lipinski definition) is 2. The Bertz CT molecular complexity index is 941. The summed E-state index contributed by atoms with van der Waals surface area (Å²) in [4.78, 5) is -2.08. The van der Waals surface area contributed by atoms with Gasteiger partial charge in [-0.05, 0) is 17.7 Å². The Balaban J connectivity index is 2.79. The van der Waals surface area contributed by atoms with Crippen molar-refractivity contribution >= 4 is 41.7 Å². The molecule has 0 bridgehead atoms. The molecule has 0 N–H and O–H groups in total. The maximum Gasteiger partial charge on any atom is 0.461 e. The van der Waals surface area contributed by atoms with Crippen LogP contribution in [0.25, 0.3) is 0 Å². The Morgan fingerprint density at radius 2 is 1.41 bits per heavy atom. The molecule has 0 saturated heterocycles. The Kier molecular flexibility index (Phi) is 5.67. The van der Waals surface area contributed by atoms with Crippen LogP contribution >= 0.6 is 31.9 Å². The predicted molar refractivity (Wildman–Crippen MR) is 82.2 cm³/mol. The van der Waals surface area contributed by atoms with E-state index in [2.05, 4.69) is 31.9 Å². The fourth-order valence-corrected chi connectivity index (χ4v) is 5.86. The van der Waals surface area contributed by atoms with Gasteiger partial charge in [-0.15, -0.1) is 0 Å². The highest BCUT2D eigenvalue weighted by molar-refractivity contribution is 9.11. The Labute approximate surface area is 171 Å². The van der Waals surface area contributed by atoms with Gasteiger partial charge in [-0.25, -0.2) is 8.42 Å². The van der Waals surface area contributed by atoms with Gasteiger partial charge in [0.2, 0.25) is 0 Å². The van der Waals surface area contributed by atoms with Gasteiger partial charge in [0.1, 0.15) is 0 Å². The monoisotopic (exact) mass is 592 g/mol. The van der Waals surface area contributed by atoms with Crippen molar-refractivity contribution in [3.63, 3.8) is 0 Å². The lowest BCUT2D eigenvalue weighted by Gasteiger charge is -2.45. The fraction of sp³-hybridized carbons (Fsp3) is 0.538. The van der Waals surface area contributed by atoms with E-state index in [4.69, 9.17) is 0 Å². The van der Waals surface area contributed by atoms with Crippen molar-refractivity contribution in [2.45, 2.75) is 46.4 Å². The molecule has 0 aliphatic heterocycles. The summed E-state index contributed by atoms with van der Waals surface area (Å²) in [7, 11) is -7.01.